The van der Waals surface area contributed by atoms with Crippen LogP contribution >= 0.6 is 0 Å². The van der Waals surface area contributed by atoms with Gasteiger partial charge in [0.05, 0.1) is 23.5 Å². The van der Waals surface area contributed by atoms with Crippen molar-refractivity contribution in [1.29, 1.82) is 0 Å². The van der Waals surface area contributed by atoms with Crippen molar-refractivity contribution < 1.29 is 4.79 Å². The van der Waals surface area contributed by atoms with Gasteiger partial charge in [-0.15, -0.1) is 0 Å². The number of benzene rings is 2. The van der Waals surface area contributed by atoms with Crippen LogP contribution in [-0.2, 0) is 11.3 Å². The Balaban J connectivity index is 1.52. The lowest BCUT2D eigenvalue weighted by molar-refractivity contribution is -0.133. The fraction of sp³-hybridized carbons (Fsp3) is 0.464. The van der Waals surface area contributed by atoms with Crippen LogP contribution in [0.15, 0.2) is 59.4 Å². The fourth-order valence-electron chi connectivity index (χ4n) is 4.81. The molecule has 1 fully saturated rings. The van der Waals surface area contributed by atoms with Gasteiger partial charge in [-0.2, -0.15) is 0 Å². The first-order valence-electron chi connectivity index (χ1n) is 12.6. The SMILES string of the molecule is CCCCCCC(=O)N1CCN(C(C)c2nc3ccccc3c(=O)n2Cc2ccccc2)CC1. The summed E-state index contributed by atoms with van der Waals surface area (Å²) in [6, 6.07) is 17.6. The van der Waals surface area contributed by atoms with E-state index in [-0.39, 0.29) is 17.5 Å². The van der Waals surface area contributed by atoms with Gasteiger partial charge >= 0.3 is 0 Å². The topological polar surface area (TPSA) is 58.4 Å². The first kappa shape index (κ1) is 24.1. The molecule has 1 aliphatic heterocycles. The molecule has 1 aliphatic rings. The van der Waals surface area contributed by atoms with Crippen LogP contribution in [-0.4, -0.2) is 51.4 Å². The molecule has 3 aromatic rings. The normalized spacial score (nSPS) is 15.5. The number of para-hydroxylation sites is 1. The molecule has 6 nitrogen and oxygen atoms in total. The second kappa shape index (κ2) is 11.4. The number of carbonyl (C=O) groups excluding carboxylic acids is 1. The summed E-state index contributed by atoms with van der Waals surface area (Å²) in [6.07, 6.45) is 5.14. The van der Waals surface area contributed by atoms with Crippen LogP contribution in [0.3, 0.4) is 0 Å². The summed E-state index contributed by atoms with van der Waals surface area (Å²) in [5, 5.41) is 0.646. The van der Waals surface area contributed by atoms with Crippen molar-refractivity contribution in [2.75, 3.05) is 26.2 Å². The third kappa shape index (κ3) is 5.55. The Kier molecular flexibility index (Phi) is 8.12. The second-order valence-corrected chi connectivity index (χ2v) is 9.27. The molecule has 1 unspecified atom stereocenters. The third-order valence-corrected chi connectivity index (χ3v) is 6.91. The summed E-state index contributed by atoms with van der Waals surface area (Å²) < 4.78 is 1.83. The first-order chi connectivity index (χ1) is 16.6. The Morgan fingerprint density at radius 3 is 2.38 bits per heavy atom. The molecule has 2 heterocycles. The minimum absolute atomic E-state index is 0.00260. The van der Waals surface area contributed by atoms with E-state index in [9.17, 15) is 9.59 Å². The van der Waals surface area contributed by atoms with Crippen LogP contribution in [0.1, 0.15) is 63.4 Å². The van der Waals surface area contributed by atoms with E-state index in [1.54, 1.807) is 0 Å². The largest absolute Gasteiger partial charge is 0.340 e. The van der Waals surface area contributed by atoms with Gasteiger partial charge < -0.3 is 4.90 Å². The van der Waals surface area contributed by atoms with E-state index in [2.05, 4.69) is 18.7 Å². The van der Waals surface area contributed by atoms with E-state index in [1.165, 1.54) is 12.8 Å². The number of unbranched alkanes of at least 4 members (excludes halogenated alkanes) is 3. The van der Waals surface area contributed by atoms with Crippen molar-refractivity contribution in [2.45, 2.75) is 58.5 Å². The van der Waals surface area contributed by atoms with Crippen molar-refractivity contribution in [2.24, 2.45) is 0 Å². The van der Waals surface area contributed by atoms with Gasteiger partial charge in [-0.1, -0.05) is 68.7 Å². The predicted molar refractivity (Wildman–Crippen MR) is 137 cm³/mol. The molecule has 0 saturated carbocycles. The summed E-state index contributed by atoms with van der Waals surface area (Å²) in [6.45, 7) is 7.84. The zero-order valence-corrected chi connectivity index (χ0v) is 20.4. The number of hydrogen-bond donors (Lipinski definition) is 0. The standard InChI is InChI=1S/C28H36N4O2/c1-3-4-5-9-16-26(33)31-19-17-30(18-20-31)22(2)27-29-25-15-11-10-14-24(25)28(34)32(27)21-23-12-7-6-8-13-23/h6-8,10-15,22H,3-5,9,16-21H2,1-2H3. The highest BCUT2D eigenvalue weighted by atomic mass is 16.2. The molecule has 1 atom stereocenters. The number of amides is 1. The number of piperazine rings is 1. The van der Waals surface area contributed by atoms with E-state index in [0.29, 0.717) is 18.4 Å². The van der Waals surface area contributed by atoms with Gasteiger partial charge in [0.15, 0.2) is 0 Å². The van der Waals surface area contributed by atoms with Crippen LogP contribution in [0.4, 0.5) is 0 Å². The van der Waals surface area contributed by atoms with Gasteiger partial charge in [0.25, 0.3) is 5.56 Å². The van der Waals surface area contributed by atoms with Gasteiger partial charge in [-0.3, -0.25) is 19.1 Å². The smallest absolute Gasteiger partial charge is 0.261 e. The minimum Gasteiger partial charge on any atom is -0.340 e. The molecule has 34 heavy (non-hydrogen) atoms. The Hall–Kier alpha value is -2.99. The van der Waals surface area contributed by atoms with Gasteiger partial charge in [-0.25, -0.2) is 4.98 Å². The number of carbonyl (C=O) groups is 1. The Morgan fingerprint density at radius 1 is 0.941 bits per heavy atom. The summed E-state index contributed by atoms with van der Waals surface area (Å²) in [4.78, 5) is 35.4. The minimum atomic E-state index is -0.0252. The highest BCUT2D eigenvalue weighted by Gasteiger charge is 2.27. The molecule has 0 aliphatic carbocycles. The average molecular weight is 461 g/mol. The Labute approximate surface area is 202 Å². The molecule has 6 heteroatoms. The quantitative estimate of drug-likeness (QED) is 0.437. The summed E-state index contributed by atoms with van der Waals surface area (Å²) in [5.74, 6) is 1.06. The van der Waals surface area contributed by atoms with Crippen LogP contribution < -0.4 is 5.56 Å². The van der Waals surface area contributed by atoms with Gasteiger partial charge in [0.2, 0.25) is 5.91 Å². The molecular weight excluding hydrogens is 424 g/mol. The molecule has 1 aromatic heterocycles. The van der Waals surface area contributed by atoms with E-state index in [4.69, 9.17) is 4.98 Å². The second-order valence-electron chi connectivity index (χ2n) is 9.27. The van der Waals surface area contributed by atoms with Crippen LogP contribution in [0.25, 0.3) is 10.9 Å². The van der Waals surface area contributed by atoms with E-state index < -0.39 is 0 Å². The van der Waals surface area contributed by atoms with Crippen molar-refractivity contribution in [3.05, 3.63) is 76.3 Å². The van der Waals surface area contributed by atoms with Gasteiger partial charge in [-0.05, 0) is 31.0 Å². The van der Waals surface area contributed by atoms with E-state index in [0.717, 1.165) is 55.9 Å². The zero-order chi connectivity index (χ0) is 23.9. The molecule has 1 saturated heterocycles. The zero-order valence-electron chi connectivity index (χ0n) is 20.4. The van der Waals surface area contributed by atoms with Crippen molar-refractivity contribution >= 4 is 16.8 Å². The van der Waals surface area contributed by atoms with Crippen LogP contribution in [0.5, 0.6) is 0 Å². The van der Waals surface area contributed by atoms with Crippen molar-refractivity contribution in [1.82, 2.24) is 19.4 Å². The highest BCUT2D eigenvalue weighted by Crippen LogP contribution is 2.22. The summed E-state index contributed by atoms with van der Waals surface area (Å²) in [5.41, 5.74) is 1.81. The van der Waals surface area contributed by atoms with E-state index >= 15 is 0 Å². The van der Waals surface area contributed by atoms with E-state index in [1.807, 2.05) is 64.1 Å². The molecule has 1 amide bonds. The monoisotopic (exact) mass is 460 g/mol. The predicted octanol–water partition coefficient (Wildman–Crippen LogP) is 4.62. The maximum Gasteiger partial charge on any atom is 0.261 e. The summed E-state index contributed by atoms with van der Waals surface area (Å²) in [7, 11) is 0. The van der Waals surface area contributed by atoms with Gasteiger partial charge in [0, 0.05) is 32.6 Å². The molecule has 2 aromatic carbocycles. The maximum absolute atomic E-state index is 13.5. The average Bonchev–Trinajstić information content (AvgIpc) is 2.88. The number of rotatable bonds is 9. The summed E-state index contributed by atoms with van der Waals surface area (Å²) >= 11 is 0. The van der Waals surface area contributed by atoms with Gasteiger partial charge in [0.1, 0.15) is 5.82 Å². The lowest BCUT2D eigenvalue weighted by atomic mass is 10.1. The lowest BCUT2D eigenvalue weighted by Gasteiger charge is -2.38. The van der Waals surface area contributed by atoms with Crippen molar-refractivity contribution in [3.63, 3.8) is 0 Å². The van der Waals surface area contributed by atoms with Crippen molar-refractivity contribution in [3.8, 4) is 0 Å². The van der Waals surface area contributed by atoms with Crippen LogP contribution in [0.2, 0.25) is 0 Å². The molecule has 0 radical (unpaired) electrons. The number of aromatic nitrogens is 2. The third-order valence-electron chi connectivity index (χ3n) is 6.91. The Bertz CT molecular complexity index is 1150. The Morgan fingerprint density at radius 2 is 1.65 bits per heavy atom. The first-order valence-corrected chi connectivity index (χ1v) is 12.6. The molecule has 0 bridgehead atoms. The lowest BCUT2D eigenvalue weighted by Crippen LogP contribution is -2.50. The number of fused-ring (bicyclic) bond motifs is 1. The number of nitrogens with zero attached hydrogens (tertiary/aromatic N) is 4. The molecular formula is C28H36N4O2. The fourth-order valence-corrected chi connectivity index (χ4v) is 4.81. The molecule has 4 rings (SSSR count). The van der Waals surface area contributed by atoms with Crippen LogP contribution in [0, 0.1) is 0 Å². The molecule has 0 spiro atoms. The number of hydrogen-bond acceptors (Lipinski definition) is 4. The molecule has 180 valence electrons. The molecule has 0 N–H and O–H groups in total. The maximum atomic E-state index is 13.5. The highest BCUT2D eigenvalue weighted by molar-refractivity contribution is 5.77.